The Balaban J connectivity index is 2.02. The van der Waals surface area contributed by atoms with Crippen LogP contribution >= 0.6 is 0 Å². The van der Waals surface area contributed by atoms with Gasteiger partial charge >= 0.3 is 0 Å². The highest BCUT2D eigenvalue weighted by Gasteiger charge is 2.10. The summed E-state index contributed by atoms with van der Waals surface area (Å²) in [5.74, 6) is 0.302. The lowest BCUT2D eigenvalue weighted by atomic mass is 10.1. The maximum absolute atomic E-state index is 12.0. The zero-order valence-electron chi connectivity index (χ0n) is 13.0. The highest BCUT2D eigenvalue weighted by molar-refractivity contribution is 6.03. The van der Waals surface area contributed by atoms with Crippen LogP contribution in [-0.4, -0.2) is 18.3 Å². The number of Topliss-reactive ketones (excluding diaryl/α,β-unsaturated/α-hetero) is 1. The first kappa shape index (κ1) is 15.8. The lowest BCUT2D eigenvalue weighted by molar-refractivity contribution is -0.118. The van der Waals surface area contributed by atoms with Gasteiger partial charge < -0.3 is 10.1 Å². The SMILES string of the molecule is CC(=O)c1ccccc1NC(=O)COc1cccc(C)c1C. The molecule has 0 aliphatic carbocycles. The Morgan fingerprint density at radius 3 is 2.50 bits per heavy atom. The van der Waals surface area contributed by atoms with Crippen molar-refractivity contribution in [3.63, 3.8) is 0 Å². The van der Waals surface area contributed by atoms with E-state index in [2.05, 4.69) is 5.32 Å². The second-order valence-electron chi connectivity index (χ2n) is 5.14. The molecule has 0 radical (unpaired) electrons. The predicted octanol–water partition coefficient (Wildman–Crippen LogP) is 3.52. The van der Waals surface area contributed by atoms with Crippen molar-refractivity contribution in [3.8, 4) is 5.75 Å². The van der Waals surface area contributed by atoms with Gasteiger partial charge in [0.1, 0.15) is 5.75 Å². The number of nitrogens with one attached hydrogen (secondary N) is 1. The molecule has 0 fully saturated rings. The van der Waals surface area contributed by atoms with Crippen molar-refractivity contribution in [1.82, 2.24) is 0 Å². The number of para-hydroxylation sites is 1. The molecule has 4 heteroatoms. The molecule has 0 saturated carbocycles. The molecule has 0 aliphatic heterocycles. The molecule has 0 aliphatic rings. The highest BCUT2D eigenvalue weighted by atomic mass is 16.5. The van der Waals surface area contributed by atoms with Crippen molar-refractivity contribution >= 4 is 17.4 Å². The number of anilines is 1. The van der Waals surface area contributed by atoms with E-state index in [1.54, 1.807) is 24.3 Å². The number of ether oxygens (including phenoxy) is 1. The van der Waals surface area contributed by atoms with Crippen molar-refractivity contribution in [1.29, 1.82) is 0 Å². The molecule has 2 rings (SSSR count). The molecule has 0 bridgehead atoms. The predicted molar refractivity (Wildman–Crippen MR) is 86.5 cm³/mol. The Hall–Kier alpha value is -2.62. The Bertz CT molecular complexity index is 707. The summed E-state index contributed by atoms with van der Waals surface area (Å²) in [5, 5.41) is 2.71. The third-order valence-corrected chi connectivity index (χ3v) is 3.49. The fraction of sp³-hybridized carbons (Fsp3) is 0.222. The van der Waals surface area contributed by atoms with E-state index >= 15 is 0 Å². The van der Waals surface area contributed by atoms with Crippen LogP contribution < -0.4 is 10.1 Å². The Morgan fingerprint density at radius 2 is 1.77 bits per heavy atom. The molecule has 0 spiro atoms. The summed E-state index contributed by atoms with van der Waals surface area (Å²) >= 11 is 0. The normalized spacial score (nSPS) is 10.1. The summed E-state index contributed by atoms with van der Waals surface area (Å²) in [4.78, 5) is 23.5. The number of ketones is 1. The molecular formula is C18H19NO3. The van der Waals surface area contributed by atoms with Crippen LogP contribution in [0.1, 0.15) is 28.4 Å². The fourth-order valence-corrected chi connectivity index (χ4v) is 2.11. The number of carbonyl (C=O) groups excluding carboxylic acids is 2. The Kier molecular flexibility index (Phi) is 4.94. The average molecular weight is 297 g/mol. The molecule has 0 saturated heterocycles. The van der Waals surface area contributed by atoms with Gasteiger partial charge in [0.15, 0.2) is 12.4 Å². The van der Waals surface area contributed by atoms with Gasteiger partial charge in [-0.2, -0.15) is 0 Å². The van der Waals surface area contributed by atoms with E-state index in [0.29, 0.717) is 17.0 Å². The number of amides is 1. The Labute approximate surface area is 130 Å². The van der Waals surface area contributed by atoms with Crippen molar-refractivity contribution in [2.45, 2.75) is 20.8 Å². The van der Waals surface area contributed by atoms with Crippen LogP contribution in [0, 0.1) is 13.8 Å². The van der Waals surface area contributed by atoms with Crippen LogP contribution in [0.5, 0.6) is 5.75 Å². The molecule has 0 unspecified atom stereocenters. The molecule has 2 aromatic carbocycles. The molecule has 114 valence electrons. The quantitative estimate of drug-likeness (QED) is 0.859. The van der Waals surface area contributed by atoms with E-state index in [0.717, 1.165) is 11.1 Å². The minimum atomic E-state index is -0.297. The lowest BCUT2D eigenvalue weighted by Crippen LogP contribution is -2.21. The number of carbonyl (C=O) groups is 2. The summed E-state index contributed by atoms with van der Waals surface area (Å²) in [5.41, 5.74) is 3.12. The molecule has 4 nitrogen and oxygen atoms in total. The molecule has 0 heterocycles. The van der Waals surface area contributed by atoms with E-state index in [-0.39, 0.29) is 18.3 Å². The van der Waals surface area contributed by atoms with E-state index in [4.69, 9.17) is 4.74 Å². The van der Waals surface area contributed by atoms with Gasteiger partial charge in [-0.1, -0.05) is 24.3 Å². The van der Waals surface area contributed by atoms with Gasteiger partial charge in [-0.3, -0.25) is 9.59 Å². The summed E-state index contributed by atoms with van der Waals surface area (Å²) in [7, 11) is 0. The topological polar surface area (TPSA) is 55.4 Å². The smallest absolute Gasteiger partial charge is 0.262 e. The van der Waals surface area contributed by atoms with Crippen LogP contribution in [0.3, 0.4) is 0 Å². The zero-order chi connectivity index (χ0) is 16.1. The molecule has 0 aromatic heterocycles. The first-order chi connectivity index (χ1) is 10.5. The third kappa shape index (κ3) is 3.73. The van der Waals surface area contributed by atoms with Crippen molar-refractivity contribution in [3.05, 3.63) is 59.2 Å². The fourth-order valence-electron chi connectivity index (χ4n) is 2.11. The molecule has 1 amide bonds. The highest BCUT2D eigenvalue weighted by Crippen LogP contribution is 2.20. The first-order valence-electron chi connectivity index (χ1n) is 7.08. The van der Waals surface area contributed by atoms with Gasteiger partial charge in [0.2, 0.25) is 0 Å². The van der Waals surface area contributed by atoms with Crippen LogP contribution in [-0.2, 0) is 4.79 Å². The maximum atomic E-state index is 12.0. The minimum absolute atomic E-state index is 0.0913. The maximum Gasteiger partial charge on any atom is 0.262 e. The van der Waals surface area contributed by atoms with Crippen LogP contribution in [0.15, 0.2) is 42.5 Å². The van der Waals surface area contributed by atoms with Crippen molar-refractivity contribution < 1.29 is 14.3 Å². The van der Waals surface area contributed by atoms with Crippen molar-refractivity contribution in [2.75, 3.05) is 11.9 Å². The van der Waals surface area contributed by atoms with Crippen molar-refractivity contribution in [2.24, 2.45) is 0 Å². The van der Waals surface area contributed by atoms with E-state index in [1.165, 1.54) is 6.92 Å². The number of rotatable bonds is 5. The van der Waals surface area contributed by atoms with Gasteiger partial charge in [0.05, 0.1) is 5.69 Å². The summed E-state index contributed by atoms with van der Waals surface area (Å²) < 4.78 is 5.55. The monoisotopic (exact) mass is 297 g/mol. The van der Waals surface area contributed by atoms with Crippen LogP contribution in [0.2, 0.25) is 0 Å². The average Bonchev–Trinajstić information content (AvgIpc) is 2.49. The lowest BCUT2D eigenvalue weighted by Gasteiger charge is -2.12. The van der Waals surface area contributed by atoms with Gasteiger partial charge in [0, 0.05) is 5.56 Å². The molecule has 2 aromatic rings. The second-order valence-corrected chi connectivity index (χ2v) is 5.14. The second kappa shape index (κ2) is 6.89. The summed E-state index contributed by atoms with van der Waals surface area (Å²) in [6, 6.07) is 12.6. The number of hydrogen-bond acceptors (Lipinski definition) is 3. The third-order valence-electron chi connectivity index (χ3n) is 3.49. The molecule has 1 N–H and O–H groups in total. The van der Waals surface area contributed by atoms with Gasteiger partial charge in [-0.05, 0) is 50.1 Å². The summed E-state index contributed by atoms with van der Waals surface area (Å²) in [6.45, 7) is 5.31. The van der Waals surface area contributed by atoms with Gasteiger partial charge in [-0.15, -0.1) is 0 Å². The van der Waals surface area contributed by atoms with Gasteiger partial charge in [0.25, 0.3) is 5.91 Å². The van der Waals surface area contributed by atoms with Crippen LogP contribution in [0.25, 0.3) is 0 Å². The number of aryl methyl sites for hydroxylation is 1. The van der Waals surface area contributed by atoms with Crippen LogP contribution in [0.4, 0.5) is 5.69 Å². The number of benzene rings is 2. The Morgan fingerprint density at radius 1 is 1.05 bits per heavy atom. The van der Waals surface area contributed by atoms with E-state index in [1.807, 2.05) is 32.0 Å². The number of hydrogen-bond donors (Lipinski definition) is 1. The largest absolute Gasteiger partial charge is 0.483 e. The molecule has 22 heavy (non-hydrogen) atoms. The first-order valence-corrected chi connectivity index (χ1v) is 7.08. The standard InChI is InChI=1S/C18H19NO3/c1-12-7-6-10-17(13(12)2)22-11-18(21)19-16-9-5-4-8-15(16)14(3)20/h4-10H,11H2,1-3H3,(H,19,21). The molecular weight excluding hydrogens is 278 g/mol. The minimum Gasteiger partial charge on any atom is -0.483 e. The van der Waals surface area contributed by atoms with E-state index < -0.39 is 0 Å². The molecule has 0 atom stereocenters. The zero-order valence-corrected chi connectivity index (χ0v) is 13.0. The van der Waals surface area contributed by atoms with Gasteiger partial charge in [-0.25, -0.2) is 0 Å². The summed E-state index contributed by atoms with van der Waals surface area (Å²) in [6.07, 6.45) is 0. The van der Waals surface area contributed by atoms with E-state index in [9.17, 15) is 9.59 Å².